The van der Waals surface area contributed by atoms with E-state index in [0.717, 1.165) is 28.6 Å². The van der Waals surface area contributed by atoms with E-state index in [0.29, 0.717) is 0 Å². The molecule has 1 spiro atoms. The molecule has 1 aromatic carbocycles. The Bertz CT molecular complexity index is 501. The molecule has 3 heteroatoms. The summed E-state index contributed by atoms with van der Waals surface area (Å²) < 4.78 is 0. The second kappa shape index (κ2) is 3.31. The molecule has 1 saturated carbocycles. The predicted molar refractivity (Wildman–Crippen MR) is 59.6 cm³/mol. The molecular weight excluding hydrogens is 208 g/mol. The molecule has 0 unspecified atom stereocenters. The van der Waals surface area contributed by atoms with Gasteiger partial charge in [0, 0.05) is 5.02 Å². The molecule has 0 saturated heterocycles. The molecule has 0 bridgehead atoms. The van der Waals surface area contributed by atoms with Gasteiger partial charge in [-0.05, 0) is 43.9 Å². The lowest BCUT2D eigenvalue weighted by Gasteiger charge is -2.27. The quantitative estimate of drug-likeness (QED) is 0.641. The van der Waals surface area contributed by atoms with Crippen LogP contribution in [-0.2, 0) is 0 Å². The Labute approximate surface area is 93.7 Å². The van der Waals surface area contributed by atoms with Gasteiger partial charge in [-0.1, -0.05) is 18.0 Å². The number of hydrogen-bond donors (Lipinski definition) is 0. The normalized spacial score (nSPS) is 21.9. The van der Waals surface area contributed by atoms with E-state index >= 15 is 0 Å². The summed E-state index contributed by atoms with van der Waals surface area (Å²) in [6.07, 6.45) is 6.01. The zero-order chi connectivity index (χ0) is 10.3. The fraction of sp³-hybridized carbons (Fsp3) is 0.500. The van der Waals surface area contributed by atoms with Crippen molar-refractivity contribution in [3.05, 3.63) is 33.9 Å². The standard InChI is InChI=1S/C12H13ClN2/c13-9-4-5-10-11(8-9)15-12(14-10)6-2-1-3-7-12/h4-5,8H,1-3,6-7H2. The molecule has 1 aliphatic heterocycles. The van der Waals surface area contributed by atoms with Crippen LogP contribution >= 0.6 is 11.6 Å². The molecule has 15 heavy (non-hydrogen) atoms. The highest BCUT2D eigenvalue weighted by atomic mass is 35.5. The van der Waals surface area contributed by atoms with Gasteiger partial charge in [0.1, 0.15) is 0 Å². The van der Waals surface area contributed by atoms with Crippen LogP contribution < -0.4 is 10.7 Å². The topological polar surface area (TPSA) is 24.7 Å². The molecule has 1 heterocycles. The first-order chi connectivity index (χ1) is 7.27. The number of fused-ring (bicyclic) bond motifs is 1. The Hall–Kier alpha value is -0.890. The minimum absolute atomic E-state index is 0.134. The minimum atomic E-state index is -0.134. The highest BCUT2D eigenvalue weighted by Crippen LogP contribution is 2.33. The Morgan fingerprint density at radius 3 is 2.53 bits per heavy atom. The summed E-state index contributed by atoms with van der Waals surface area (Å²) >= 11 is 5.95. The van der Waals surface area contributed by atoms with Gasteiger partial charge < -0.3 is 0 Å². The summed E-state index contributed by atoms with van der Waals surface area (Å²) in [6.45, 7) is 0. The Morgan fingerprint density at radius 2 is 1.73 bits per heavy atom. The number of hydrogen-bond acceptors (Lipinski definition) is 2. The van der Waals surface area contributed by atoms with Crippen molar-refractivity contribution in [2.45, 2.75) is 37.8 Å². The van der Waals surface area contributed by atoms with Crippen LogP contribution in [0.4, 0.5) is 0 Å². The maximum Gasteiger partial charge on any atom is 0.151 e. The van der Waals surface area contributed by atoms with Crippen molar-refractivity contribution >= 4 is 11.6 Å². The van der Waals surface area contributed by atoms with Gasteiger partial charge in [0.2, 0.25) is 0 Å². The van der Waals surface area contributed by atoms with E-state index in [1.54, 1.807) is 0 Å². The largest absolute Gasteiger partial charge is 0.253 e. The van der Waals surface area contributed by atoms with Crippen LogP contribution in [0.2, 0.25) is 5.02 Å². The monoisotopic (exact) mass is 220 g/mol. The van der Waals surface area contributed by atoms with Crippen LogP contribution in [0.3, 0.4) is 0 Å². The number of benzene rings is 1. The average Bonchev–Trinajstić information content (AvgIpc) is 2.56. The van der Waals surface area contributed by atoms with Crippen molar-refractivity contribution in [2.75, 3.05) is 0 Å². The Kier molecular flexibility index (Phi) is 2.06. The SMILES string of the molecule is Clc1ccc2c(c1)=NC1(CCCCC1)N=2. The van der Waals surface area contributed by atoms with Gasteiger partial charge in [-0.25, -0.2) is 0 Å². The van der Waals surface area contributed by atoms with Gasteiger partial charge >= 0.3 is 0 Å². The van der Waals surface area contributed by atoms with Gasteiger partial charge in [0.15, 0.2) is 5.66 Å². The number of halogens is 1. The van der Waals surface area contributed by atoms with Crippen LogP contribution in [0, 0.1) is 0 Å². The Balaban J connectivity index is 2.12. The van der Waals surface area contributed by atoms with Crippen molar-refractivity contribution < 1.29 is 0 Å². The van der Waals surface area contributed by atoms with E-state index in [1.165, 1.54) is 19.3 Å². The van der Waals surface area contributed by atoms with Gasteiger partial charge in [0.25, 0.3) is 0 Å². The number of nitrogens with zero attached hydrogens (tertiary/aromatic N) is 2. The van der Waals surface area contributed by atoms with E-state index in [-0.39, 0.29) is 5.66 Å². The minimum Gasteiger partial charge on any atom is -0.253 e. The van der Waals surface area contributed by atoms with Crippen molar-refractivity contribution in [3.63, 3.8) is 0 Å². The van der Waals surface area contributed by atoms with E-state index < -0.39 is 0 Å². The van der Waals surface area contributed by atoms with Gasteiger partial charge in [-0.15, -0.1) is 0 Å². The van der Waals surface area contributed by atoms with Crippen molar-refractivity contribution in [2.24, 2.45) is 9.98 Å². The zero-order valence-corrected chi connectivity index (χ0v) is 9.30. The molecule has 1 aromatic rings. The fourth-order valence-corrected chi connectivity index (χ4v) is 2.66. The first-order valence-corrected chi connectivity index (χ1v) is 5.91. The van der Waals surface area contributed by atoms with Crippen molar-refractivity contribution in [1.82, 2.24) is 0 Å². The first kappa shape index (κ1) is 9.34. The number of rotatable bonds is 0. The summed E-state index contributed by atoms with van der Waals surface area (Å²) in [5.74, 6) is 0. The van der Waals surface area contributed by atoms with Crippen LogP contribution in [0.1, 0.15) is 32.1 Å². The van der Waals surface area contributed by atoms with Crippen LogP contribution in [0.25, 0.3) is 0 Å². The highest BCUT2D eigenvalue weighted by Gasteiger charge is 2.32. The molecule has 0 N–H and O–H groups in total. The molecule has 0 aromatic heterocycles. The third-order valence-corrected chi connectivity index (χ3v) is 3.48. The maximum atomic E-state index is 5.95. The van der Waals surface area contributed by atoms with E-state index in [9.17, 15) is 0 Å². The van der Waals surface area contributed by atoms with Crippen LogP contribution in [-0.4, -0.2) is 5.66 Å². The molecule has 1 fully saturated rings. The molecule has 0 atom stereocenters. The average molecular weight is 221 g/mol. The zero-order valence-electron chi connectivity index (χ0n) is 8.54. The summed E-state index contributed by atoms with van der Waals surface area (Å²) in [5, 5.41) is 2.74. The van der Waals surface area contributed by atoms with E-state index in [2.05, 4.69) is 0 Å². The lowest BCUT2D eigenvalue weighted by Crippen LogP contribution is -2.25. The first-order valence-electron chi connectivity index (χ1n) is 5.53. The lowest BCUT2D eigenvalue weighted by molar-refractivity contribution is 0.309. The molecule has 78 valence electrons. The van der Waals surface area contributed by atoms with Gasteiger partial charge in [-0.3, -0.25) is 9.98 Å². The van der Waals surface area contributed by atoms with Crippen molar-refractivity contribution in [3.8, 4) is 0 Å². The summed E-state index contributed by atoms with van der Waals surface area (Å²) in [5.41, 5.74) is -0.134. The molecule has 0 radical (unpaired) electrons. The van der Waals surface area contributed by atoms with Gasteiger partial charge in [-0.2, -0.15) is 0 Å². The molecule has 3 rings (SSSR count). The summed E-state index contributed by atoms with van der Waals surface area (Å²) in [4.78, 5) is 9.51. The third-order valence-electron chi connectivity index (χ3n) is 3.25. The Morgan fingerprint density at radius 1 is 1.00 bits per heavy atom. The molecular formula is C12H13ClN2. The van der Waals surface area contributed by atoms with E-state index in [1.807, 2.05) is 18.2 Å². The molecule has 1 aliphatic carbocycles. The highest BCUT2D eigenvalue weighted by molar-refractivity contribution is 6.30. The van der Waals surface area contributed by atoms with E-state index in [4.69, 9.17) is 21.6 Å². The second-order valence-corrected chi connectivity index (χ2v) is 4.84. The molecule has 2 nitrogen and oxygen atoms in total. The van der Waals surface area contributed by atoms with Crippen LogP contribution in [0.5, 0.6) is 0 Å². The summed E-state index contributed by atoms with van der Waals surface area (Å²) in [7, 11) is 0. The lowest BCUT2D eigenvalue weighted by atomic mass is 9.90. The van der Waals surface area contributed by atoms with Gasteiger partial charge in [0.05, 0.1) is 10.7 Å². The molecule has 0 amide bonds. The maximum absolute atomic E-state index is 5.95. The smallest absolute Gasteiger partial charge is 0.151 e. The fourth-order valence-electron chi connectivity index (χ4n) is 2.50. The third kappa shape index (κ3) is 1.57. The summed E-state index contributed by atoms with van der Waals surface area (Å²) in [6, 6.07) is 5.79. The predicted octanol–water partition coefficient (Wildman–Crippen LogP) is 2.25. The second-order valence-electron chi connectivity index (χ2n) is 4.40. The van der Waals surface area contributed by atoms with Crippen molar-refractivity contribution in [1.29, 1.82) is 0 Å². The van der Waals surface area contributed by atoms with Crippen LogP contribution in [0.15, 0.2) is 28.2 Å². The molecule has 2 aliphatic rings.